The van der Waals surface area contributed by atoms with Crippen molar-refractivity contribution in [3.8, 4) is 17.2 Å². The lowest BCUT2D eigenvalue weighted by Crippen LogP contribution is -2.38. The normalized spacial score (nSPS) is 19.8. The molecule has 2 aliphatic heterocycles. The maximum atomic E-state index is 13.3. The maximum absolute atomic E-state index is 13.3. The van der Waals surface area contributed by atoms with Gasteiger partial charge in [-0.25, -0.2) is 0 Å². The highest BCUT2D eigenvalue weighted by molar-refractivity contribution is 6.46. The Morgan fingerprint density at radius 2 is 1.62 bits per heavy atom. The smallest absolute Gasteiger partial charge is 0.295 e. The Morgan fingerprint density at radius 1 is 0.946 bits per heavy atom. The summed E-state index contributed by atoms with van der Waals surface area (Å²) in [6, 6.07) is 9.65. The number of likely N-dealkylation sites (tertiary alicyclic amines) is 1. The van der Waals surface area contributed by atoms with Crippen LogP contribution in [0.4, 0.5) is 0 Å². The first kappa shape index (κ1) is 26.5. The Kier molecular flexibility index (Phi) is 8.35. The quantitative estimate of drug-likeness (QED) is 0.312. The third kappa shape index (κ3) is 5.42. The lowest BCUT2D eigenvalue weighted by molar-refractivity contribution is -0.140. The zero-order valence-corrected chi connectivity index (χ0v) is 21.8. The van der Waals surface area contributed by atoms with Crippen molar-refractivity contribution in [2.24, 2.45) is 0 Å². The van der Waals surface area contributed by atoms with Gasteiger partial charge in [0, 0.05) is 31.7 Å². The number of carbonyl (C=O) groups is 2. The summed E-state index contributed by atoms with van der Waals surface area (Å²) in [6.07, 6.45) is 0.679. The monoisotopic (exact) mass is 510 g/mol. The predicted molar refractivity (Wildman–Crippen MR) is 138 cm³/mol. The van der Waals surface area contributed by atoms with Crippen molar-refractivity contribution >= 4 is 17.4 Å². The number of ketones is 1. The van der Waals surface area contributed by atoms with Gasteiger partial charge in [-0.1, -0.05) is 6.07 Å². The van der Waals surface area contributed by atoms with E-state index < -0.39 is 17.7 Å². The Labute approximate surface area is 217 Å². The molecule has 0 spiro atoms. The van der Waals surface area contributed by atoms with E-state index in [1.54, 1.807) is 55.5 Å². The SMILES string of the molecule is COc1ccc(C(O)=C2C(=O)C(=O)N(CCCN3CCOCC3)[C@H]2c2ccc(OC)c(OC)c2)cc1C. The number of hydrogen-bond acceptors (Lipinski definition) is 8. The number of rotatable bonds is 9. The molecule has 2 aliphatic rings. The van der Waals surface area contributed by atoms with Crippen molar-refractivity contribution in [3.63, 3.8) is 0 Å². The molecular formula is C28H34N2O7. The molecule has 0 aliphatic carbocycles. The number of amides is 1. The van der Waals surface area contributed by atoms with E-state index in [0.717, 1.165) is 25.2 Å². The van der Waals surface area contributed by atoms with Crippen LogP contribution in [-0.2, 0) is 14.3 Å². The topological polar surface area (TPSA) is 97.8 Å². The summed E-state index contributed by atoms with van der Waals surface area (Å²) >= 11 is 0. The summed E-state index contributed by atoms with van der Waals surface area (Å²) in [6.45, 7) is 6.06. The van der Waals surface area contributed by atoms with Crippen LogP contribution in [0.25, 0.3) is 5.76 Å². The highest BCUT2D eigenvalue weighted by atomic mass is 16.5. The number of morpholine rings is 1. The van der Waals surface area contributed by atoms with Gasteiger partial charge in [0.2, 0.25) is 0 Å². The van der Waals surface area contributed by atoms with Crippen LogP contribution in [-0.4, -0.2) is 87.3 Å². The van der Waals surface area contributed by atoms with Crippen molar-refractivity contribution in [2.45, 2.75) is 19.4 Å². The second-order valence-corrected chi connectivity index (χ2v) is 9.10. The second-order valence-electron chi connectivity index (χ2n) is 9.10. The van der Waals surface area contributed by atoms with Crippen LogP contribution < -0.4 is 14.2 Å². The second kappa shape index (κ2) is 11.7. The van der Waals surface area contributed by atoms with Gasteiger partial charge in [-0.15, -0.1) is 0 Å². The molecule has 4 rings (SSSR count). The molecule has 2 saturated heterocycles. The lowest BCUT2D eigenvalue weighted by atomic mass is 9.94. The van der Waals surface area contributed by atoms with E-state index in [4.69, 9.17) is 18.9 Å². The Hall–Kier alpha value is -3.56. The Balaban J connectivity index is 1.74. The van der Waals surface area contributed by atoms with Crippen LogP contribution >= 0.6 is 0 Å². The first-order valence-corrected chi connectivity index (χ1v) is 12.3. The first-order chi connectivity index (χ1) is 17.9. The van der Waals surface area contributed by atoms with Gasteiger partial charge in [0.05, 0.1) is 46.2 Å². The zero-order valence-electron chi connectivity index (χ0n) is 21.8. The van der Waals surface area contributed by atoms with Crippen LogP contribution in [0.3, 0.4) is 0 Å². The van der Waals surface area contributed by atoms with Crippen molar-refractivity contribution < 1.29 is 33.6 Å². The summed E-state index contributed by atoms with van der Waals surface area (Å²) in [5.74, 6) is 0.0993. The number of aliphatic hydroxyl groups is 1. The summed E-state index contributed by atoms with van der Waals surface area (Å²) < 4.78 is 21.6. The number of aryl methyl sites for hydroxylation is 1. The molecule has 0 radical (unpaired) electrons. The summed E-state index contributed by atoms with van der Waals surface area (Å²) in [7, 11) is 4.64. The van der Waals surface area contributed by atoms with E-state index in [2.05, 4.69) is 4.90 Å². The Bertz CT molecular complexity index is 1190. The molecule has 9 nitrogen and oxygen atoms in total. The standard InChI is InChI=1S/C28H34N2O7/c1-18-16-20(7-8-21(18)34-2)26(31)24-25(19-6-9-22(35-3)23(17-19)36-4)30(28(33)27(24)32)11-5-10-29-12-14-37-15-13-29/h6-9,16-17,25,31H,5,10-15H2,1-4H3/t25-/m0/s1. The molecule has 1 amide bonds. The molecule has 1 atom stereocenters. The molecule has 2 aromatic rings. The van der Waals surface area contributed by atoms with Gasteiger partial charge in [0.25, 0.3) is 11.7 Å². The molecule has 2 heterocycles. The predicted octanol–water partition coefficient (Wildman–Crippen LogP) is 3.16. The molecule has 2 fully saturated rings. The van der Waals surface area contributed by atoms with Gasteiger partial charge < -0.3 is 29.0 Å². The van der Waals surface area contributed by atoms with Crippen LogP contribution in [0.15, 0.2) is 42.0 Å². The molecule has 0 unspecified atom stereocenters. The molecule has 9 heteroatoms. The van der Waals surface area contributed by atoms with Crippen molar-refractivity contribution in [1.29, 1.82) is 0 Å². The number of nitrogens with zero attached hydrogens (tertiary/aromatic N) is 2. The van der Waals surface area contributed by atoms with Gasteiger partial charge >= 0.3 is 0 Å². The molecule has 0 bridgehead atoms. The third-order valence-electron chi connectivity index (χ3n) is 6.91. The van der Waals surface area contributed by atoms with Crippen LogP contribution in [0.1, 0.15) is 29.2 Å². The number of benzene rings is 2. The summed E-state index contributed by atoms with van der Waals surface area (Å²) in [5, 5.41) is 11.4. The molecule has 1 N–H and O–H groups in total. The maximum Gasteiger partial charge on any atom is 0.295 e. The van der Waals surface area contributed by atoms with E-state index in [9.17, 15) is 14.7 Å². The number of carbonyl (C=O) groups excluding carboxylic acids is 2. The van der Waals surface area contributed by atoms with Crippen LogP contribution in [0, 0.1) is 6.92 Å². The minimum Gasteiger partial charge on any atom is -0.507 e. The minimum atomic E-state index is -0.771. The Morgan fingerprint density at radius 3 is 2.27 bits per heavy atom. The highest BCUT2D eigenvalue weighted by Crippen LogP contribution is 2.42. The van der Waals surface area contributed by atoms with E-state index in [1.807, 2.05) is 6.92 Å². The summed E-state index contributed by atoms with van der Waals surface area (Å²) in [4.78, 5) is 30.5. The number of aliphatic hydroxyl groups excluding tert-OH is 1. The minimum absolute atomic E-state index is 0.0492. The highest BCUT2D eigenvalue weighted by Gasteiger charge is 2.46. The largest absolute Gasteiger partial charge is 0.507 e. The molecule has 0 saturated carbocycles. The van der Waals surface area contributed by atoms with Gasteiger partial charge in [-0.3, -0.25) is 14.5 Å². The van der Waals surface area contributed by atoms with Gasteiger partial charge in [0.1, 0.15) is 11.5 Å². The third-order valence-corrected chi connectivity index (χ3v) is 6.91. The van der Waals surface area contributed by atoms with E-state index in [1.165, 1.54) is 7.11 Å². The van der Waals surface area contributed by atoms with Gasteiger partial charge in [-0.05, 0) is 54.8 Å². The molecule has 198 valence electrons. The zero-order chi connectivity index (χ0) is 26.5. The average Bonchev–Trinajstić information content (AvgIpc) is 3.17. The lowest BCUT2D eigenvalue weighted by Gasteiger charge is -2.29. The van der Waals surface area contributed by atoms with E-state index in [0.29, 0.717) is 54.6 Å². The van der Waals surface area contributed by atoms with E-state index in [-0.39, 0.29) is 11.3 Å². The van der Waals surface area contributed by atoms with Gasteiger partial charge in [-0.2, -0.15) is 0 Å². The number of ether oxygens (including phenoxy) is 4. The van der Waals surface area contributed by atoms with E-state index >= 15 is 0 Å². The van der Waals surface area contributed by atoms with Gasteiger partial charge in [0.15, 0.2) is 11.5 Å². The molecule has 0 aromatic heterocycles. The summed E-state index contributed by atoms with van der Waals surface area (Å²) in [5.41, 5.74) is 1.94. The molecule has 37 heavy (non-hydrogen) atoms. The fourth-order valence-corrected chi connectivity index (χ4v) is 4.95. The molecular weight excluding hydrogens is 476 g/mol. The first-order valence-electron chi connectivity index (χ1n) is 12.3. The van der Waals surface area contributed by atoms with Crippen molar-refractivity contribution in [3.05, 3.63) is 58.7 Å². The number of hydrogen-bond donors (Lipinski definition) is 1. The van der Waals surface area contributed by atoms with Crippen LogP contribution in [0.2, 0.25) is 0 Å². The fourth-order valence-electron chi connectivity index (χ4n) is 4.95. The molecule has 2 aromatic carbocycles. The fraction of sp³-hybridized carbons (Fsp3) is 0.429. The van der Waals surface area contributed by atoms with Crippen molar-refractivity contribution in [1.82, 2.24) is 9.80 Å². The van der Waals surface area contributed by atoms with Crippen molar-refractivity contribution in [2.75, 3.05) is 60.7 Å². The number of methoxy groups -OCH3 is 3. The van der Waals surface area contributed by atoms with Crippen LogP contribution in [0.5, 0.6) is 17.2 Å². The average molecular weight is 511 g/mol. The number of Topliss-reactive ketones (excluding diaryl/α,β-unsaturated/α-hetero) is 1.